The molecule has 3 rings (SSSR count). The zero-order chi connectivity index (χ0) is 17.8. The molecule has 0 aliphatic heterocycles. The molecule has 0 bridgehead atoms. The molecule has 2 aromatic heterocycles. The first kappa shape index (κ1) is 17.3. The van der Waals surface area contributed by atoms with E-state index in [0.29, 0.717) is 6.54 Å². The molecule has 25 heavy (non-hydrogen) atoms. The number of aryl methyl sites for hydroxylation is 2. The molecule has 7 heteroatoms. The summed E-state index contributed by atoms with van der Waals surface area (Å²) >= 11 is 1.67. The first-order chi connectivity index (χ1) is 12.1. The van der Waals surface area contributed by atoms with Crippen molar-refractivity contribution in [2.45, 2.75) is 13.8 Å². The van der Waals surface area contributed by atoms with Gasteiger partial charge in [-0.15, -0.1) is 11.3 Å². The number of rotatable bonds is 6. The van der Waals surface area contributed by atoms with Crippen molar-refractivity contribution in [3.8, 4) is 0 Å². The Balaban J connectivity index is 1.73. The lowest BCUT2D eigenvalue weighted by Gasteiger charge is -2.17. The van der Waals surface area contributed by atoms with E-state index in [1.165, 1.54) is 10.4 Å². The summed E-state index contributed by atoms with van der Waals surface area (Å²) in [6, 6.07) is 7.99. The molecular formula is C18H21N5OS. The zero-order valence-corrected chi connectivity index (χ0v) is 15.3. The summed E-state index contributed by atoms with van der Waals surface area (Å²) in [7, 11) is 1.95. The van der Waals surface area contributed by atoms with Crippen LogP contribution >= 0.6 is 11.3 Å². The van der Waals surface area contributed by atoms with Gasteiger partial charge in [0, 0.05) is 24.2 Å². The van der Waals surface area contributed by atoms with Crippen molar-refractivity contribution < 1.29 is 5.11 Å². The minimum atomic E-state index is 0.137. The molecule has 6 nitrogen and oxygen atoms in total. The summed E-state index contributed by atoms with van der Waals surface area (Å²) < 4.78 is 0. The van der Waals surface area contributed by atoms with Gasteiger partial charge in [0.2, 0.25) is 0 Å². The molecule has 130 valence electrons. The summed E-state index contributed by atoms with van der Waals surface area (Å²) in [5.41, 5.74) is 6.26. The van der Waals surface area contributed by atoms with Crippen LogP contribution < -0.4 is 10.3 Å². The quantitative estimate of drug-likeness (QED) is 0.525. The third-order valence-electron chi connectivity index (χ3n) is 4.12. The van der Waals surface area contributed by atoms with Gasteiger partial charge >= 0.3 is 0 Å². The molecule has 0 spiro atoms. The van der Waals surface area contributed by atoms with E-state index in [-0.39, 0.29) is 6.61 Å². The minimum Gasteiger partial charge on any atom is -0.395 e. The first-order valence-electron chi connectivity index (χ1n) is 8.02. The van der Waals surface area contributed by atoms with Crippen LogP contribution in [-0.2, 0) is 0 Å². The van der Waals surface area contributed by atoms with Gasteiger partial charge in [-0.25, -0.2) is 9.97 Å². The molecule has 0 amide bonds. The van der Waals surface area contributed by atoms with Crippen LogP contribution in [0.15, 0.2) is 35.7 Å². The molecule has 2 N–H and O–H groups in total. The second kappa shape index (κ2) is 7.58. The second-order valence-corrected chi connectivity index (χ2v) is 7.00. The molecule has 0 fully saturated rings. The van der Waals surface area contributed by atoms with Crippen molar-refractivity contribution in [2.75, 3.05) is 30.5 Å². The standard InChI is InChI=1S/C18H21N5OS/c1-12-13(2)25-18-16(12)17(19-11-20-18)22-21-10-14-4-6-15(7-5-14)23(3)8-9-24/h4-7,10-11,24H,8-9H2,1-3H3,(H,19,20,22). The number of aliphatic hydroxyl groups excluding tert-OH is 1. The highest BCUT2D eigenvalue weighted by Gasteiger charge is 2.11. The van der Waals surface area contributed by atoms with E-state index < -0.39 is 0 Å². The summed E-state index contributed by atoms with van der Waals surface area (Å²) in [5, 5.41) is 14.3. The van der Waals surface area contributed by atoms with E-state index in [1.54, 1.807) is 23.9 Å². The van der Waals surface area contributed by atoms with Crippen LogP contribution in [0.25, 0.3) is 10.2 Å². The lowest BCUT2D eigenvalue weighted by Crippen LogP contribution is -2.20. The fourth-order valence-electron chi connectivity index (χ4n) is 2.53. The Morgan fingerprint density at radius 2 is 2.00 bits per heavy atom. The van der Waals surface area contributed by atoms with Crippen molar-refractivity contribution in [1.29, 1.82) is 0 Å². The molecule has 0 aliphatic carbocycles. The first-order valence-corrected chi connectivity index (χ1v) is 8.83. The van der Waals surface area contributed by atoms with Gasteiger partial charge in [-0.05, 0) is 37.1 Å². The highest BCUT2D eigenvalue weighted by atomic mass is 32.1. The maximum Gasteiger partial charge on any atom is 0.158 e. The average molecular weight is 355 g/mol. The van der Waals surface area contributed by atoms with Gasteiger partial charge in [-0.3, -0.25) is 5.43 Å². The van der Waals surface area contributed by atoms with Crippen LogP contribution in [0.3, 0.4) is 0 Å². The van der Waals surface area contributed by atoms with Gasteiger partial charge in [-0.1, -0.05) is 12.1 Å². The number of hydrogen-bond donors (Lipinski definition) is 2. The molecular weight excluding hydrogens is 334 g/mol. The third-order valence-corrected chi connectivity index (χ3v) is 5.23. The van der Waals surface area contributed by atoms with Crippen LogP contribution in [0.2, 0.25) is 0 Å². The van der Waals surface area contributed by atoms with Gasteiger partial charge < -0.3 is 10.0 Å². The molecule has 2 heterocycles. The Bertz CT molecular complexity index is 888. The van der Waals surface area contributed by atoms with Crippen molar-refractivity contribution in [1.82, 2.24) is 9.97 Å². The molecule has 1 aromatic carbocycles. The number of thiophene rings is 1. The fraction of sp³-hybridized carbons (Fsp3) is 0.278. The Labute approximate surface area is 150 Å². The summed E-state index contributed by atoms with van der Waals surface area (Å²) in [5.74, 6) is 0.724. The zero-order valence-electron chi connectivity index (χ0n) is 14.5. The van der Waals surface area contributed by atoms with Crippen LogP contribution in [-0.4, -0.2) is 41.5 Å². The SMILES string of the molecule is Cc1sc2ncnc(NN=Cc3ccc(N(C)CCO)cc3)c2c1C. The van der Waals surface area contributed by atoms with Crippen molar-refractivity contribution in [3.63, 3.8) is 0 Å². The Hall–Kier alpha value is -2.51. The highest BCUT2D eigenvalue weighted by molar-refractivity contribution is 7.18. The van der Waals surface area contributed by atoms with Gasteiger partial charge in [0.15, 0.2) is 5.82 Å². The number of aliphatic hydroxyl groups is 1. The smallest absolute Gasteiger partial charge is 0.158 e. The normalized spacial score (nSPS) is 11.4. The van der Waals surface area contributed by atoms with Crippen molar-refractivity contribution in [2.24, 2.45) is 5.10 Å². The van der Waals surface area contributed by atoms with Crippen molar-refractivity contribution in [3.05, 3.63) is 46.6 Å². The van der Waals surface area contributed by atoms with Crippen LogP contribution in [0.1, 0.15) is 16.0 Å². The molecule has 0 saturated carbocycles. The summed E-state index contributed by atoms with van der Waals surface area (Å²) in [6.45, 7) is 4.91. The predicted octanol–water partition coefficient (Wildman–Crippen LogP) is 3.18. The maximum absolute atomic E-state index is 8.99. The van der Waals surface area contributed by atoms with Gasteiger partial charge in [0.1, 0.15) is 11.2 Å². The molecule has 0 aliphatic rings. The molecule has 0 saturated heterocycles. The number of nitrogens with one attached hydrogen (secondary N) is 1. The van der Waals surface area contributed by atoms with Gasteiger partial charge in [0.25, 0.3) is 0 Å². The third kappa shape index (κ3) is 3.78. The number of nitrogens with zero attached hydrogens (tertiary/aromatic N) is 4. The van der Waals surface area contributed by atoms with E-state index in [2.05, 4.69) is 34.3 Å². The topological polar surface area (TPSA) is 73.6 Å². The Morgan fingerprint density at radius 1 is 1.24 bits per heavy atom. The number of anilines is 2. The second-order valence-electron chi connectivity index (χ2n) is 5.79. The lowest BCUT2D eigenvalue weighted by atomic mass is 10.2. The summed E-state index contributed by atoms with van der Waals surface area (Å²) in [4.78, 5) is 12.8. The van der Waals surface area contributed by atoms with Crippen LogP contribution in [0.4, 0.5) is 11.5 Å². The van der Waals surface area contributed by atoms with Gasteiger partial charge in [-0.2, -0.15) is 5.10 Å². The molecule has 0 unspecified atom stereocenters. The maximum atomic E-state index is 8.99. The lowest BCUT2D eigenvalue weighted by molar-refractivity contribution is 0.304. The van der Waals surface area contributed by atoms with Crippen LogP contribution in [0.5, 0.6) is 0 Å². The van der Waals surface area contributed by atoms with E-state index in [0.717, 1.165) is 27.3 Å². The molecule has 3 aromatic rings. The highest BCUT2D eigenvalue weighted by Crippen LogP contribution is 2.32. The fourth-order valence-corrected chi connectivity index (χ4v) is 3.53. The van der Waals surface area contributed by atoms with E-state index >= 15 is 0 Å². The molecule has 0 atom stereocenters. The Kier molecular flexibility index (Phi) is 5.25. The number of likely N-dealkylation sites (N-methyl/N-ethyl adjacent to an activating group) is 1. The number of fused-ring (bicyclic) bond motifs is 1. The van der Waals surface area contributed by atoms with E-state index in [4.69, 9.17) is 5.11 Å². The average Bonchev–Trinajstić information content (AvgIpc) is 2.91. The number of aromatic nitrogens is 2. The minimum absolute atomic E-state index is 0.137. The van der Waals surface area contributed by atoms with Crippen LogP contribution in [0, 0.1) is 13.8 Å². The van der Waals surface area contributed by atoms with Gasteiger partial charge in [0.05, 0.1) is 18.2 Å². The number of hydrazone groups is 1. The number of benzene rings is 1. The van der Waals surface area contributed by atoms with E-state index in [9.17, 15) is 0 Å². The largest absolute Gasteiger partial charge is 0.395 e. The molecule has 0 radical (unpaired) electrons. The monoisotopic (exact) mass is 355 g/mol. The van der Waals surface area contributed by atoms with E-state index in [1.807, 2.05) is 36.2 Å². The predicted molar refractivity (Wildman–Crippen MR) is 105 cm³/mol. The number of hydrogen-bond acceptors (Lipinski definition) is 7. The summed E-state index contributed by atoms with van der Waals surface area (Å²) in [6.07, 6.45) is 3.32. The Morgan fingerprint density at radius 3 is 2.72 bits per heavy atom. The van der Waals surface area contributed by atoms with Crippen molar-refractivity contribution >= 4 is 39.3 Å².